The van der Waals surface area contributed by atoms with Crippen LogP contribution in [0.25, 0.3) is 0 Å². The Hall–Kier alpha value is -1.39. The average molecular weight is 318 g/mol. The number of ether oxygens (including phenoxy) is 1. The lowest BCUT2D eigenvalue weighted by atomic mass is 10.0. The summed E-state index contributed by atoms with van der Waals surface area (Å²) >= 11 is 0. The number of esters is 1. The number of likely N-dealkylation sites (tertiary alicyclic amines) is 1. The quantitative estimate of drug-likeness (QED) is 0.783. The van der Waals surface area contributed by atoms with Gasteiger partial charge in [0, 0.05) is 18.8 Å². The third kappa shape index (κ3) is 5.63. The van der Waals surface area contributed by atoms with Crippen LogP contribution in [0.2, 0.25) is 0 Å². The van der Waals surface area contributed by atoms with Gasteiger partial charge in [0.25, 0.3) is 0 Å². The monoisotopic (exact) mass is 318 g/mol. The summed E-state index contributed by atoms with van der Waals surface area (Å²) < 4.78 is 5.55. The summed E-state index contributed by atoms with van der Waals surface area (Å²) in [7, 11) is 0. The third-order valence-corrected chi connectivity index (χ3v) is 4.75. The summed E-state index contributed by atoms with van der Waals surface area (Å²) in [4.78, 5) is 14.7. The molecule has 0 amide bonds. The van der Waals surface area contributed by atoms with E-state index in [1.165, 1.54) is 0 Å². The first-order valence-corrected chi connectivity index (χ1v) is 8.71. The molecule has 1 aromatic rings. The number of nitrogens with zero attached hydrogens (tertiary/aromatic N) is 1. The predicted molar refractivity (Wildman–Crippen MR) is 93.0 cm³/mol. The minimum Gasteiger partial charge on any atom is -0.460 e. The van der Waals surface area contributed by atoms with Gasteiger partial charge in [-0.1, -0.05) is 43.7 Å². The average Bonchev–Trinajstić information content (AvgIpc) is 2.59. The Morgan fingerprint density at radius 1 is 1.30 bits per heavy atom. The summed E-state index contributed by atoms with van der Waals surface area (Å²) in [5.74, 6) is -0.0929. The van der Waals surface area contributed by atoms with E-state index in [-0.39, 0.29) is 17.6 Å². The topological polar surface area (TPSA) is 41.6 Å². The van der Waals surface area contributed by atoms with Crippen LogP contribution in [0.4, 0.5) is 0 Å². The second kappa shape index (κ2) is 8.46. The lowest BCUT2D eigenvalue weighted by molar-refractivity contribution is -0.153. The number of piperidine rings is 1. The van der Waals surface area contributed by atoms with Crippen molar-refractivity contribution in [1.29, 1.82) is 0 Å². The van der Waals surface area contributed by atoms with E-state index >= 15 is 0 Å². The SMILES string of the molecule is CCC(C)(C)NCN1CCCC[C@H]1C(=O)OCc1ccccc1. The second-order valence-electron chi connectivity index (χ2n) is 6.99. The highest BCUT2D eigenvalue weighted by Gasteiger charge is 2.30. The molecule has 1 heterocycles. The molecule has 0 unspecified atom stereocenters. The fraction of sp³-hybridized carbons (Fsp3) is 0.632. The predicted octanol–water partition coefficient (Wildman–Crippen LogP) is 3.32. The van der Waals surface area contributed by atoms with Crippen molar-refractivity contribution in [2.75, 3.05) is 13.2 Å². The minimum atomic E-state index is -0.118. The molecule has 4 heteroatoms. The normalized spacial score (nSPS) is 19.5. The Morgan fingerprint density at radius 3 is 2.74 bits per heavy atom. The van der Waals surface area contributed by atoms with Crippen molar-refractivity contribution in [3.63, 3.8) is 0 Å². The molecule has 0 saturated carbocycles. The molecule has 1 aromatic carbocycles. The Bertz CT molecular complexity index is 487. The summed E-state index contributed by atoms with van der Waals surface area (Å²) in [5.41, 5.74) is 1.13. The molecule has 0 aromatic heterocycles. The van der Waals surface area contributed by atoms with Crippen molar-refractivity contribution in [2.45, 2.75) is 64.6 Å². The van der Waals surface area contributed by atoms with Crippen molar-refractivity contribution in [1.82, 2.24) is 10.2 Å². The van der Waals surface area contributed by atoms with Gasteiger partial charge in [0.1, 0.15) is 12.6 Å². The van der Waals surface area contributed by atoms with Crippen LogP contribution in [0.15, 0.2) is 30.3 Å². The molecule has 1 aliphatic rings. The molecular weight excluding hydrogens is 288 g/mol. The number of benzene rings is 1. The number of hydrogen-bond acceptors (Lipinski definition) is 4. The van der Waals surface area contributed by atoms with Crippen LogP contribution in [0, 0.1) is 0 Å². The molecular formula is C19H30N2O2. The first kappa shape index (κ1) is 18.0. The Balaban J connectivity index is 1.88. The van der Waals surface area contributed by atoms with Gasteiger partial charge in [-0.15, -0.1) is 0 Å². The van der Waals surface area contributed by atoms with Crippen molar-refractivity contribution in [3.8, 4) is 0 Å². The van der Waals surface area contributed by atoms with E-state index in [9.17, 15) is 4.79 Å². The van der Waals surface area contributed by atoms with Crippen LogP contribution >= 0.6 is 0 Å². The van der Waals surface area contributed by atoms with E-state index < -0.39 is 0 Å². The highest BCUT2D eigenvalue weighted by molar-refractivity contribution is 5.75. The number of carbonyl (C=O) groups excluding carboxylic acids is 1. The minimum absolute atomic E-state index is 0.0929. The van der Waals surface area contributed by atoms with Crippen LogP contribution in [-0.4, -0.2) is 35.7 Å². The van der Waals surface area contributed by atoms with Gasteiger partial charge in [-0.2, -0.15) is 0 Å². The summed E-state index contributed by atoms with van der Waals surface area (Å²) in [6.45, 7) is 8.62. The van der Waals surface area contributed by atoms with Crippen molar-refractivity contribution >= 4 is 5.97 Å². The maximum Gasteiger partial charge on any atom is 0.323 e. The molecule has 0 aliphatic carbocycles. The van der Waals surface area contributed by atoms with E-state index in [4.69, 9.17) is 4.74 Å². The Kier molecular flexibility index (Phi) is 6.60. The number of hydrogen-bond donors (Lipinski definition) is 1. The standard InChI is InChI=1S/C19H30N2O2/c1-4-19(2,3)20-15-21-13-9-8-12-17(21)18(22)23-14-16-10-6-5-7-11-16/h5-7,10-11,17,20H,4,8-9,12-15H2,1-3H3/t17-/m0/s1. The second-order valence-corrected chi connectivity index (χ2v) is 6.99. The van der Waals surface area contributed by atoms with Gasteiger partial charge in [0.05, 0.1) is 0 Å². The van der Waals surface area contributed by atoms with Crippen molar-refractivity contribution in [3.05, 3.63) is 35.9 Å². The first-order chi connectivity index (χ1) is 11.0. The van der Waals surface area contributed by atoms with Crippen LogP contribution in [0.3, 0.4) is 0 Å². The van der Waals surface area contributed by atoms with Crippen LogP contribution in [0.5, 0.6) is 0 Å². The van der Waals surface area contributed by atoms with Crippen LogP contribution in [-0.2, 0) is 16.1 Å². The fourth-order valence-corrected chi connectivity index (χ4v) is 2.71. The zero-order valence-corrected chi connectivity index (χ0v) is 14.7. The molecule has 0 spiro atoms. The van der Waals surface area contributed by atoms with Gasteiger partial charge in [-0.25, -0.2) is 0 Å². The number of nitrogens with one attached hydrogen (secondary N) is 1. The molecule has 0 radical (unpaired) electrons. The lowest BCUT2D eigenvalue weighted by Crippen LogP contribution is -2.53. The van der Waals surface area contributed by atoms with E-state index in [1.807, 2.05) is 30.3 Å². The molecule has 1 fully saturated rings. The summed E-state index contributed by atoms with van der Waals surface area (Å²) in [6.07, 6.45) is 4.20. The number of rotatable bonds is 7. The lowest BCUT2D eigenvalue weighted by Gasteiger charge is -2.37. The third-order valence-electron chi connectivity index (χ3n) is 4.75. The van der Waals surface area contributed by atoms with Gasteiger partial charge < -0.3 is 4.74 Å². The maximum absolute atomic E-state index is 12.5. The van der Waals surface area contributed by atoms with Gasteiger partial charge in [0.2, 0.25) is 0 Å². The van der Waals surface area contributed by atoms with Gasteiger partial charge in [-0.3, -0.25) is 15.0 Å². The fourth-order valence-electron chi connectivity index (χ4n) is 2.71. The smallest absolute Gasteiger partial charge is 0.323 e. The van der Waals surface area contributed by atoms with E-state index in [0.717, 1.165) is 44.5 Å². The Labute approximate surface area is 140 Å². The summed E-state index contributed by atoms with van der Waals surface area (Å²) in [6, 6.07) is 9.75. The molecule has 4 nitrogen and oxygen atoms in total. The molecule has 128 valence electrons. The van der Waals surface area contributed by atoms with E-state index in [1.54, 1.807) is 0 Å². The molecule has 1 atom stereocenters. The Morgan fingerprint density at radius 2 is 2.04 bits per heavy atom. The molecule has 1 saturated heterocycles. The van der Waals surface area contributed by atoms with E-state index in [0.29, 0.717) is 6.61 Å². The molecule has 1 aliphatic heterocycles. The zero-order valence-electron chi connectivity index (χ0n) is 14.7. The van der Waals surface area contributed by atoms with Gasteiger partial charge in [-0.05, 0) is 38.7 Å². The van der Waals surface area contributed by atoms with E-state index in [2.05, 4.69) is 31.0 Å². The van der Waals surface area contributed by atoms with Crippen molar-refractivity contribution in [2.24, 2.45) is 0 Å². The molecule has 2 rings (SSSR count). The molecule has 1 N–H and O–H groups in total. The van der Waals surface area contributed by atoms with Crippen molar-refractivity contribution < 1.29 is 9.53 Å². The highest BCUT2D eigenvalue weighted by atomic mass is 16.5. The van der Waals surface area contributed by atoms with Crippen LogP contribution < -0.4 is 5.32 Å². The molecule has 0 bridgehead atoms. The van der Waals surface area contributed by atoms with Crippen LogP contribution in [0.1, 0.15) is 52.0 Å². The highest BCUT2D eigenvalue weighted by Crippen LogP contribution is 2.19. The van der Waals surface area contributed by atoms with Gasteiger partial charge >= 0.3 is 5.97 Å². The molecule has 23 heavy (non-hydrogen) atoms. The summed E-state index contributed by atoms with van der Waals surface area (Å²) in [5, 5.41) is 3.56. The number of carbonyl (C=O) groups is 1. The zero-order chi connectivity index (χ0) is 16.7. The maximum atomic E-state index is 12.5. The first-order valence-electron chi connectivity index (χ1n) is 8.71. The largest absolute Gasteiger partial charge is 0.460 e. The van der Waals surface area contributed by atoms with Gasteiger partial charge in [0.15, 0.2) is 0 Å².